The molecule has 1 saturated carbocycles. The summed E-state index contributed by atoms with van der Waals surface area (Å²) in [6.07, 6.45) is 2.41. The number of nitrogens with zero attached hydrogens (tertiary/aromatic N) is 2. The van der Waals surface area contributed by atoms with Crippen molar-refractivity contribution in [2.24, 2.45) is 0 Å². The van der Waals surface area contributed by atoms with E-state index in [2.05, 4.69) is 40.6 Å². The van der Waals surface area contributed by atoms with Crippen LogP contribution in [-0.2, 0) is 10.5 Å². The van der Waals surface area contributed by atoms with Gasteiger partial charge in [0.05, 0.1) is 5.75 Å². The monoisotopic (exact) mass is 319 g/mol. The van der Waals surface area contributed by atoms with E-state index in [0.717, 1.165) is 10.8 Å². The van der Waals surface area contributed by atoms with E-state index in [1.165, 1.54) is 35.3 Å². The molecule has 4 nitrogen and oxygen atoms in total. The van der Waals surface area contributed by atoms with Crippen molar-refractivity contribution in [3.05, 3.63) is 40.4 Å². The number of benzene rings is 1. The van der Waals surface area contributed by atoms with Crippen LogP contribution in [0.15, 0.2) is 24.3 Å². The van der Waals surface area contributed by atoms with Gasteiger partial charge in [-0.15, -0.1) is 22.0 Å². The first-order valence-corrected chi connectivity index (χ1v) is 8.94. The first kappa shape index (κ1) is 14.5. The fourth-order valence-corrected chi connectivity index (χ4v) is 3.70. The quantitative estimate of drug-likeness (QED) is 0.884. The number of hydrogen-bond acceptors (Lipinski definition) is 5. The Kier molecular flexibility index (Phi) is 4.55. The standard InChI is InChI=1S/C15H17N3OS2/c1-10-3-2-4-11(7-10)8-20-9-13(19)16-15-18-17-14(21-15)12-5-6-12/h2-4,7,12H,5-6,8-9H2,1H3,(H,16,18,19). The van der Waals surface area contributed by atoms with Crippen LogP contribution in [0.5, 0.6) is 0 Å². The van der Waals surface area contributed by atoms with Crippen molar-refractivity contribution >= 4 is 34.1 Å². The molecular weight excluding hydrogens is 302 g/mol. The topological polar surface area (TPSA) is 54.9 Å². The van der Waals surface area contributed by atoms with Crippen molar-refractivity contribution in [3.63, 3.8) is 0 Å². The Morgan fingerprint density at radius 3 is 3.05 bits per heavy atom. The Labute approximate surface area is 132 Å². The number of thioether (sulfide) groups is 1. The van der Waals surface area contributed by atoms with E-state index in [-0.39, 0.29) is 5.91 Å². The van der Waals surface area contributed by atoms with E-state index >= 15 is 0 Å². The van der Waals surface area contributed by atoms with Crippen molar-refractivity contribution in [2.45, 2.75) is 31.4 Å². The predicted octanol–water partition coefficient (Wildman–Crippen LogP) is 3.60. The van der Waals surface area contributed by atoms with Crippen molar-refractivity contribution in [2.75, 3.05) is 11.1 Å². The molecule has 0 saturated heterocycles. The number of amides is 1. The Balaban J connectivity index is 1.43. The van der Waals surface area contributed by atoms with Crippen LogP contribution < -0.4 is 5.32 Å². The number of anilines is 1. The summed E-state index contributed by atoms with van der Waals surface area (Å²) in [4.78, 5) is 11.9. The second-order valence-electron chi connectivity index (χ2n) is 5.25. The molecule has 0 radical (unpaired) electrons. The van der Waals surface area contributed by atoms with Gasteiger partial charge in [-0.1, -0.05) is 41.2 Å². The second kappa shape index (κ2) is 6.58. The summed E-state index contributed by atoms with van der Waals surface area (Å²) >= 11 is 3.11. The number of rotatable bonds is 6. The SMILES string of the molecule is Cc1cccc(CSCC(=O)Nc2nnc(C3CC3)s2)c1. The van der Waals surface area contributed by atoms with Crippen LogP contribution in [0.2, 0.25) is 0 Å². The number of carbonyl (C=O) groups excluding carboxylic acids is 1. The molecule has 21 heavy (non-hydrogen) atoms. The minimum Gasteiger partial charge on any atom is -0.300 e. The van der Waals surface area contributed by atoms with Gasteiger partial charge in [0.15, 0.2) is 0 Å². The van der Waals surface area contributed by atoms with E-state index in [4.69, 9.17) is 0 Å². The minimum absolute atomic E-state index is 0.00819. The highest BCUT2D eigenvalue weighted by molar-refractivity contribution is 7.99. The zero-order valence-electron chi connectivity index (χ0n) is 11.8. The molecule has 1 N–H and O–H groups in total. The number of nitrogens with one attached hydrogen (secondary N) is 1. The average molecular weight is 319 g/mol. The van der Waals surface area contributed by atoms with Crippen LogP contribution >= 0.6 is 23.1 Å². The van der Waals surface area contributed by atoms with E-state index in [1.54, 1.807) is 11.8 Å². The highest BCUT2D eigenvalue weighted by Gasteiger charge is 2.27. The Morgan fingerprint density at radius 2 is 2.29 bits per heavy atom. The van der Waals surface area contributed by atoms with Gasteiger partial charge < -0.3 is 0 Å². The lowest BCUT2D eigenvalue weighted by molar-refractivity contribution is -0.113. The number of hydrogen-bond donors (Lipinski definition) is 1. The molecule has 3 rings (SSSR count). The molecule has 2 aromatic rings. The normalized spacial score (nSPS) is 14.1. The molecule has 1 heterocycles. The third-order valence-corrected chi connectivity index (χ3v) is 5.20. The van der Waals surface area contributed by atoms with Gasteiger partial charge in [0.2, 0.25) is 11.0 Å². The van der Waals surface area contributed by atoms with Crippen LogP contribution in [0, 0.1) is 6.92 Å². The molecule has 0 aliphatic heterocycles. The Morgan fingerprint density at radius 1 is 1.43 bits per heavy atom. The molecule has 0 atom stereocenters. The van der Waals surface area contributed by atoms with Gasteiger partial charge in [-0.3, -0.25) is 10.1 Å². The number of aryl methyl sites for hydroxylation is 1. The molecule has 1 aromatic heterocycles. The summed E-state index contributed by atoms with van der Waals surface area (Å²) in [5.74, 6) is 1.86. The summed E-state index contributed by atoms with van der Waals surface area (Å²) in [5.41, 5.74) is 2.50. The molecule has 0 spiro atoms. The van der Waals surface area contributed by atoms with Crippen LogP contribution in [0.4, 0.5) is 5.13 Å². The summed E-state index contributed by atoms with van der Waals surface area (Å²) in [6, 6.07) is 8.36. The van der Waals surface area contributed by atoms with E-state index in [1.807, 2.05) is 6.07 Å². The van der Waals surface area contributed by atoms with E-state index in [9.17, 15) is 4.79 Å². The second-order valence-corrected chi connectivity index (χ2v) is 7.24. The van der Waals surface area contributed by atoms with E-state index < -0.39 is 0 Å². The zero-order chi connectivity index (χ0) is 14.7. The number of carbonyl (C=O) groups is 1. The maximum absolute atomic E-state index is 11.9. The molecule has 1 aliphatic rings. The highest BCUT2D eigenvalue weighted by atomic mass is 32.2. The van der Waals surface area contributed by atoms with Gasteiger partial charge in [0, 0.05) is 11.7 Å². The van der Waals surface area contributed by atoms with Gasteiger partial charge in [-0.25, -0.2) is 0 Å². The maximum atomic E-state index is 11.9. The Bertz CT molecular complexity index is 637. The summed E-state index contributed by atoms with van der Waals surface area (Å²) in [7, 11) is 0. The molecule has 1 fully saturated rings. The first-order valence-electron chi connectivity index (χ1n) is 6.97. The fourth-order valence-electron chi connectivity index (χ4n) is 2.00. The third kappa shape index (κ3) is 4.28. The maximum Gasteiger partial charge on any atom is 0.236 e. The van der Waals surface area contributed by atoms with E-state index in [0.29, 0.717) is 16.8 Å². The smallest absolute Gasteiger partial charge is 0.236 e. The summed E-state index contributed by atoms with van der Waals surface area (Å²) in [6.45, 7) is 2.08. The van der Waals surface area contributed by atoms with Gasteiger partial charge in [-0.2, -0.15) is 0 Å². The van der Waals surface area contributed by atoms with Gasteiger partial charge in [-0.05, 0) is 25.3 Å². The van der Waals surface area contributed by atoms with Crippen LogP contribution in [0.1, 0.15) is 34.9 Å². The zero-order valence-corrected chi connectivity index (χ0v) is 13.5. The van der Waals surface area contributed by atoms with Gasteiger partial charge in [0.25, 0.3) is 0 Å². The molecule has 0 unspecified atom stereocenters. The first-order chi connectivity index (χ1) is 10.2. The van der Waals surface area contributed by atoms with Crippen molar-refractivity contribution in [1.82, 2.24) is 10.2 Å². The highest BCUT2D eigenvalue weighted by Crippen LogP contribution is 2.42. The third-order valence-electron chi connectivity index (χ3n) is 3.20. The van der Waals surface area contributed by atoms with Crippen molar-refractivity contribution in [1.29, 1.82) is 0 Å². The largest absolute Gasteiger partial charge is 0.300 e. The van der Waals surface area contributed by atoms with Gasteiger partial charge in [0.1, 0.15) is 5.01 Å². The molecule has 0 bridgehead atoms. The summed E-state index contributed by atoms with van der Waals surface area (Å²) in [5, 5.41) is 12.6. The van der Waals surface area contributed by atoms with Gasteiger partial charge >= 0.3 is 0 Å². The fraction of sp³-hybridized carbons (Fsp3) is 0.400. The molecule has 1 amide bonds. The molecule has 110 valence electrons. The van der Waals surface area contributed by atoms with Crippen molar-refractivity contribution < 1.29 is 4.79 Å². The van der Waals surface area contributed by atoms with Crippen LogP contribution in [0.3, 0.4) is 0 Å². The Hall–Kier alpha value is -1.40. The molecular formula is C15H17N3OS2. The minimum atomic E-state index is -0.00819. The lowest BCUT2D eigenvalue weighted by Gasteiger charge is -2.03. The molecule has 1 aromatic carbocycles. The average Bonchev–Trinajstić information content (AvgIpc) is 3.20. The predicted molar refractivity (Wildman–Crippen MR) is 87.9 cm³/mol. The lowest BCUT2D eigenvalue weighted by Crippen LogP contribution is -2.14. The van der Waals surface area contributed by atoms with Crippen LogP contribution in [-0.4, -0.2) is 21.9 Å². The lowest BCUT2D eigenvalue weighted by atomic mass is 10.2. The van der Waals surface area contributed by atoms with Crippen molar-refractivity contribution in [3.8, 4) is 0 Å². The molecule has 1 aliphatic carbocycles. The van der Waals surface area contributed by atoms with Crippen LogP contribution in [0.25, 0.3) is 0 Å². The number of aromatic nitrogens is 2. The molecule has 6 heteroatoms. The summed E-state index contributed by atoms with van der Waals surface area (Å²) < 4.78 is 0.